The van der Waals surface area contributed by atoms with Gasteiger partial charge in [-0.1, -0.05) is 23.4 Å². The Kier molecular flexibility index (Phi) is 2.60. The van der Waals surface area contributed by atoms with Crippen LogP contribution in [0, 0.1) is 0 Å². The lowest BCUT2D eigenvalue weighted by Crippen LogP contribution is -2.08. The zero-order valence-electron chi connectivity index (χ0n) is 9.96. The van der Waals surface area contributed by atoms with Crippen molar-refractivity contribution < 1.29 is 9.26 Å². The van der Waals surface area contributed by atoms with Crippen LogP contribution in [0.3, 0.4) is 0 Å². The van der Waals surface area contributed by atoms with Gasteiger partial charge in [-0.15, -0.1) is 0 Å². The molecule has 0 fully saturated rings. The summed E-state index contributed by atoms with van der Waals surface area (Å²) < 4.78 is 10.7. The highest BCUT2D eigenvalue weighted by Gasteiger charge is 2.18. The summed E-state index contributed by atoms with van der Waals surface area (Å²) in [5.74, 6) is 1.85. The third-order valence-corrected chi connectivity index (χ3v) is 2.75. The molecule has 0 saturated carbocycles. The number of benzene rings is 1. The first kappa shape index (κ1) is 11.0. The number of fused-ring (bicyclic) bond motifs is 1. The molecule has 1 aromatic heterocycles. The number of nitrogens with two attached hydrogens (primary N) is 1. The van der Waals surface area contributed by atoms with Crippen molar-refractivity contribution in [2.75, 3.05) is 6.61 Å². The average Bonchev–Trinajstić information content (AvgIpc) is 2.88. The lowest BCUT2D eigenvalue weighted by Gasteiger charge is -2.15. The summed E-state index contributed by atoms with van der Waals surface area (Å²) in [5, 5.41) is 3.92. The smallest absolute Gasteiger partial charge is 0.243 e. The van der Waals surface area contributed by atoms with Crippen LogP contribution in [0.15, 0.2) is 28.8 Å². The Hall–Kier alpha value is -2.14. The Bertz CT molecular complexity index is 602. The predicted octanol–water partition coefficient (Wildman–Crippen LogP) is 2.02. The van der Waals surface area contributed by atoms with Gasteiger partial charge >= 0.3 is 0 Å². The van der Waals surface area contributed by atoms with E-state index < -0.39 is 0 Å². The molecule has 3 rings (SSSR count). The fourth-order valence-electron chi connectivity index (χ4n) is 1.80. The summed E-state index contributed by atoms with van der Waals surface area (Å²) in [7, 11) is 0. The third kappa shape index (κ3) is 1.89. The van der Waals surface area contributed by atoms with Crippen LogP contribution >= 0.6 is 0 Å². The van der Waals surface area contributed by atoms with E-state index in [0.717, 1.165) is 16.9 Å². The molecule has 1 unspecified atom stereocenters. The van der Waals surface area contributed by atoms with E-state index >= 15 is 0 Å². The maximum absolute atomic E-state index is 5.69. The van der Waals surface area contributed by atoms with E-state index in [1.807, 2.05) is 30.3 Å². The van der Waals surface area contributed by atoms with E-state index in [0.29, 0.717) is 18.3 Å². The van der Waals surface area contributed by atoms with Gasteiger partial charge in [-0.2, -0.15) is 4.98 Å². The number of rotatable bonds is 2. The summed E-state index contributed by atoms with van der Waals surface area (Å²) in [6.07, 6.45) is 2.01. The van der Waals surface area contributed by atoms with Crippen LogP contribution in [0.25, 0.3) is 11.6 Å². The fraction of sp³-hybridized carbons (Fsp3) is 0.231. The van der Waals surface area contributed by atoms with E-state index in [-0.39, 0.29) is 6.04 Å². The Morgan fingerprint density at radius 3 is 2.94 bits per heavy atom. The Labute approximate surface area is 104 Å². The van der Waals surface area contributed by atoms with Gasteiger partial charge in [0, 0.05) is 11.1 Å². The standard InChI is InChI=1S/C13H13N3O2/c1-8(14)13-15-12(16-18-13)10-6-9-4-2-3-5-11(9)17-7-10/h2-6,8H,7,14H2,1H3. The molecule has 0 spiro atoms. The average molecular weight is 243 g/mol. The molecular weight excluding hydrogens is 230 g/mol. The van der Waals surface area contributed by atoms with E-state index in [9.17, 15) is 0 Å². The second kappa shape index (κ2) is 4.27. The first-order chi connectivity index (χ1) is 8.74. The molecule has 18 heavy (non-hydrogen) atoms. The lowest BCUT2D eigenvalue weighted by molar-refractivity contribution is 0.353. The van der Waals surface area contributed by atoms with Crippen LogP contribution in [-0.2, 0) is 0 Å². The molecule has 2 aromatic rings. The number of aromatic nitrogens is 2. The molecule has 0 radical (unpaired) electrons. The van der Waals surface area contributed by atoms with E-state index in [2.05, 4.69) is 10.1 Å². The van der Waals surface area contributed by atoms with Gasteiger partial charge in [-0.05, 0) is 19.1 Å². The number of para-hydroxylation sites is 1. The zero-order chi connectivity index (χ0) is 12.5. The van der Waals surface area contributed by atoms with Gasteiger partial charge in [0.1, 0.15) is 12.4 Å². The predicted molar refractivity (Wildman–Crippen MR) is 66.7 cm³/mol. The quantitative estimate of drug-likeness (QED) is 0.873. The van der Waals surface area contributed by atoms with Crippen molar-refractivity contribution in [2.45, 2.75) is 13.0 Å². The van der Waals surface area contributed by atoms with Gasteiger partial charge in [-0.3, -0.25) is 0 Å². The molecule has 2 heterocycles. The maximum Gasteiger partial charge on any atom is 0.243 e. The molecule has 92 valence electrons. The van der Waals surface area contributed by atoms with Gasteiger partial charge in [0.05, 0.1) is 6.04 Å². The second-order valence-electron chi connectivity index (χ2n) is 4.24. The lowest BCUT2D eigenvalue weighted by atomic mass is 10.1. The first-order valence-corrected chi connectivity index (χ1v) is 5.76. The minimum Gasteiger partial charge on any atom is -0.488 e. The molecule has 5 nitrogen and oxygen atoms in total. The van der Waals surface area contributed by atoms with Crippen LogP contribution in [0.1, 0.15) is 30.2 Å². The molecule has 2 N–H and O–H groups in total. The molecule has 0 aliphatic carbocycles. The van der Waals surface area contributed by atoms with E-state index in [4.69, 9.17) is 15.0 Å². The van der Waals surface area contributed by atoms with Crippen LogP contribution in [0.5, 0.6) is 5.75 Å². The Balaban J connectivity index is 1.96. The Morgan fingerprint density at radius 1 is 1.33 bits per heavy atom. The minimum atomic E-state index is -0.261. The highest BCUT2D eigenvalue weighted by Crippen LogP contribution is 2.29. The minimum absolute atomic E-state index is 0.261. The number of hydrogen-bond donors (Lipinski definition) is 1. The molecule has 1 atom stereocenters. The Morgan fingerprint density at radius 2 is 2.17 bits per heavy atom. The monoisotopic (exact) mass is 243 g/mol. The largest absolute Gasteiger partial charge is 0.488 e. The molecule has 5 heteroatoms. The molecule has 0 bridgehead atoms. The van der Waals surface area contributed by atoms with Crippen molar-refractivity contribution in [1.82, 2.24) is 10.1 Å². The first-order valence-electron chi connectivity index (χ1n) is 5.76. The van der Waals surface area contributed by atoms with Crippen LogP contribution in [0.2, 0.25) is 0 Å². The van der Waals surface area contributed by atoms with Crippen molar-refractivity contribution in [3.05, 3.63) is 41.5 Å². The second-order valence-corrected chi connectivity index (χ2v) is 4.24. The number of ether oxygens (including phenoxy) is 1. The van der Waals surface area contributed by atoms with Crippen LogP contribution in [-0.4, -0.2) is 16.7 Å². The van der Waals surface area contributed by atoms with Crippen LogP contribution in [0.4, 0.5) is 0 Å². The molecule has 1 aliphatic rings. The number of nitrogens with zero attached hydrogens (tertiary/aromatic N) is 2. The van der Waals surface area contributed by atoms with Crippen molar-refractivity contribution in [3.8, 4) is 5.75 Å². The van der Waals surface area contributed by atoms with Gasteiger partial charge in [0.2, 0.25) is 11.7 Å². The summed E-state index contributed by atoms with van der Waals surface area (Å²) in [6, 6.07) is 7.57. The highest BCUT2D eigenvalue weighted by molar-refractivity contribution is 5.82. The third-order valence-electron chi connectivity index (χ3n) is 2.75. The molecule has 1 aromatic carbocycles. The normalized spacial score (nSPS) is 15.6. The molecule has 0 amide bonds. The van der Waals surface area contributed by atoms with Crippen LogP contribution < -0.4 is 10.5 Å². The van der Waals surface area contributed by atoms with Gasteiger partial charge in [0.25, 0.3) is 0 Å². The van der Waals surface area contributed by atoms with Gasteiger partial charge in [-0.25, -0.2) is 0 Å². The van der Waals surface area contributed by atoms with Gasteiger partial charge < -0.3 is 15.0 Å². The van der Waals surface area contributed by atoms with Gasteiger partial charge in [0.15, 0.2) is 0 Å². The van der Waals surface area contributed by atoms with E-state index in [1.165, 1.54) is 0 Å². The maximum atomic E-state index is 5.69. The topological polar surface area (TPSA) is 74.2 Å². The van der Waals surface area contributed by atoms with Crippen molar-refractivity contribution in [1.29, 1.82) is 0 Å². The zero-order valence-corrected chi connectivity index (χ0v) is 9.96. The molecular formula is C13H13N3O2. The summed E-state index contributed by atoms with van der Waals surface area (Å²) in [4.78, 5) is 4.26. The van der Waals surface area contributed by atoms with Crippen molar-refractivity contribution in [3.63, 3.8) is 0 Å². The van der Waals surface area contributed by atoms with Crippen molar-refractivity contribution in [2.24, 2.45) is 5.73 Å². The number of hydrogen-bond acceptors (Lipinski definition) is 5. The highest BCUT2D eigenvalue weighted by atomic mass is 16.5. The summed E-state index contributed by atoms with van der Waals surface area (Å²) >= 11 is 0. The SMILES string of the molecule is CC(N)c1nc(C2=Cc3ccccc3OC2)no1. The fourth-order valence-corrected chi connectivity index (χ4v) is 1.80. The van der Waals surface area contributed by atoms with Crippen molar-refractivity contribution >= 4 is 11.6 Å². The molecule has 0 saturated heterocycles. The summed E-state index contributed by atoms with van der Waals surface area (Å²) in [5.41, 5.74) is 7.60. The summed E-state index contributed by atoms with van der Waals surface area (Å²) in [6.45, 7) is 2.24. The molecule has 1 aliphatic heterocycles. The van der Waals surface area contributed by atoms with E-state index in [1.54, 1.807) is 6.92 Å².